The van der Waals surface area contributed by atoms with Crippen molar-refractivity contribution < 1.29 is 17.6 Å². The Morgan fingerprint density at radius 1 is 1.05 bits per heavy atom. The van der Waals surface area contributed by atoms with Crippen molar-refractivity contribution in [1.82, 2.24) is 0 Å². The normalized spacial score (nSPS) is 11.3. The summed E-state index contributed by atoms with van der Waals surface area (Å²) in [4.78, 5) is 12.0. The molecule has 0 aliphatic carbocycles. The lowest BCUT2D eigenvalue weighted by Crippen LogP contribution is -2.07. The van der Waals surface area contributed by atoms with Crippen LogP contribution in [-0.4, -0.2) is 20.5 Å². The van der Waals surface area contributed by atoms with Crippen molar-refractivity contribution in [1.29, 1.82) is 0 Å². The summed E-state index contributed by atoms with van der Waals surface area (Å²) >= 11 is 0. The highest BCUT2D eigenvalue weighted by molar-refractivity contribution is 7.90. The van der Waals surface area contributed by atoms with Crippen LogP contribution in [0.15, 0.2) is 53.4 Å². The van der Waals surface area contributed by atoms with Crippen molar-refractivity contribution in [3.63, 3.8) is 0 Å². The van der Waals surface area contributed by atoms with Gasteiger partial charge >= 0.3 is 0 Å². The maximum absolute atomic E-state index is 13.7. The highest BCUT2D eigenvalue weighted by Crippen LogP contribution is 2.18. The lowest BCUT2D eigenvalue weighted by molar-refractivity contribution is 0.103. The van der Waals surface area contributed by atoms with Gasteiger partial charge in [-0.2, -0.15) is 0 Å². The largest absolute Gasteiger partial charge is 0.288 e. The van der Waals surface area contributed by atoms with E-state index in [4.69, 9.17) is 0 Å². The summed E-state index contributed by atoms with van der Waals surface area (Å²) in [7, 11) is -3.48. The van der Waals surface area contributed by atoms with Crippen LogP contribution in [-0.2, 0) is 9.84 Å². The molecule has 0 amide bonds. The smallest absolute Gasteiger partial charge is 0.196 e. The molecule has 0 saturated carbocycles. The minimum Gasteiger partial charge on any atom is -0.288 e. The Hall–Kier alpha value is -2.01. The van der Waals surface area contributed by atoms with E-state index in [-0.39, 0.29) is 10.5 Å². The van der Waals surface area contributed by atoms with Gasteiger partial charge in [0.25, 0.3) is 0 Å². The van der Waals surface area contributed by atoms with Crippen LogP contribution in [0, 0.1) is 5.82 Å². The summed E-state index contributed by atoms with van der Waals surface area (Å²) < 4.78 is 36.5. The summed E-state index contributed by atoms with van der Waals surface area (Å²) in [6.45, 7) is 0. The first-order valence-corrected chi connectivity index (χ1v) is 7.38. The predicted molar refractivity (Wildman–Crippen MR) is 69.4 cm³/mol. The van der Waals surface area contributed by atoms with E-state index in [1.807, 2.05) is 0 Å². The fourth-order valence-corrected chi connectivity index (χ4v) is 2.30. The van der Waals surface area contributed by atoms with E-state index < -0.39 is 21.4 Å². The van der Waals surface area contributed by atoms with E-state index in [0.29, 0.717) is 5.56 Å². The zero-order valence-corrected chi connectivity index (χ0v) is 10.9. The molecule has 0 heterocycles. The second-order valence-electron chi connectivity index (χ2n) is 4.11. The van der Waals surface area contributed by atoms with Crippen LogP contribution in [0.3, 0.4) is 0 Å². The zero-order valence-electron chi connectivity index (χ0n) is 10.1. The Labute approximate surface area is 110 Å². The van der Waals surface area contributed by atoms with Crippen molar-refractivity contribution in [3.8, 4) is 0 Å². The molecule has 0 aromatic heterocycles. The van der Waals surface area contributed by atoms with Crippen LogP contribution < -0.4 is 0 Å². The average molecular weight is 278 g/mol. The lowest BCUT2D eigenvalue weighted by Gasteiger charge is -2.05. The van der Waals surface area contributed by atoms with Gasteiger partial charge < -0.3 is 0 Å². The van der Waals surface area contributed by atoms with Crippen molar-refractivity contribution >= 4 is 15.6 Å². The number of halogens is 1. The zero-order chi connectivity index (χ0) is 14.0. The second-order valence-corrected chi connectivity index (χ2v) is 6.12. The van der Waals surface area contributed by atoms with Crippen LogP contribution in [0.2, 0.25) is 0 Å². The first-order valence-electron chi connectivity index (χ1n) is 5.49. The topological polar surface area (TPSA) is 51.2 Å². The molecule has 0 atom stereocenters. The van der Waals surface area contributed by atoms with E-state index in [1.165, 1.54) is 0 Å². The van der Waals surface area contributed by atoms with Gasteiger partial charge in [0, 0.05) is 11.8 Å². The number of benzene rings is 2. The Morgan fingerprint density at radius 3 is 2.26 bits per heavy atom. The quantitative estimate of drug-likeness (QED) is 0.640. The number of ketones is 1. The maximum Gasteiger partial charge on any atom is 0.196 e. The fourth-order valence-electron chi connectivity index (χ4n) is 1.65. The van der Waals surface area contributed by atoms with Crippen LogP contribution >= 0.6 is 0 Å². The number of sulfone groups is 1. The maximum atomic E-state index is 13.7. The molecule has 0 fully saturated rings. The van der Waals surface area contributed by atoms with E-state index in [0.717, 1.165) is 24.5 Å². The molecule has 3 nitrogen and oxygen atoms in total. The Morgan fingerprint density at radius 2 is 1.68 bits per heavy atom. The fraction of sp³-hybridized carbons (Fsp3) is 0.0714. The molecule has 0 bridgehead atoms. The minimum absolute atomic E-state index is 0.0758. The molecule has 0 aliphatic heterocycles. The van der Waals surface area contributed by atoms with E-state index in [2.05, 4.69) is 0 Å². The standard InChI is InChI=1S/C14H11FO3S/c1-19(17,18)11-7-8-13(15)12(9-11)14(16)10-5-3-2-4-6-10/h2-9H,1H3. The van der Waals surface area contributed by atoms with Crippen molar-refractivity contribution in [3.05, 3.63) is 65.5 Å². The van der Waals surface area contributed by atoms with Gasteiger partial charge in [0.2, 0.25) is 0 Å². The van der Waals surface area contributed by atoms with Crippen molar-refractivity contribution in [2.24, 2.45) is 0 Å². The second kappa shape index (κ2) is 4.93. The molecule has 0 saturated heterocycles. The molecule has 0 radical (unpaired) electrons. The SMILES string of the molecule is CS(=O)(=O)c1ccc(F)c(C(=O)c2ccccc2)c1. The predicted octanol–water partition coefficient (Wildman–Crippen LogP) is 2.46. The molecule has 5 heteroatoms. The third-order valence-electron chi connectivity index (χ3n) is 2.65. The molecule has 0 spiro atoms. The van der Waals surface area contributed by atoms with Gasteiger partial charge in [-0.05, 0) is 18.2 Å². The first kappa shape index (κ1) is 13.4. The van der Waals surface area contributed by atoms with Gasteiger partial charge in [0.05, 0.1) is 10.5 Å². The molecular weight excluding hydrogens is 267 g/mol. The summed E-state index contributed by atoms with van der Waals surface area (Å²) in [5.41, 5.74) is 0.0705. The Kier molecular flexibility index (Phi) is 3.48. The molecule has 0 N–H and O–H groups in total. The number of carbonyl (C=O) groups excluding carboxylic acids is 1. The van der Waals surface area contributed by atoms with E-state index in [9.17, 15) is 17.6 Å². The molecule has 98 valence electrons. The third-order valence-corrected chi connectivity index (χ3v) is 3.76. The van der Waals surface area contributed by atoms with E-state index in [1.54, 1.807) is 30.3 Å². The highest BCUT2D eigenvalue weighted by atomic mass is 32.2. The average Bonchev–Trinajstić information content (AvgIpc) is 2.38. The van der Waals surface area contributed by atoms with Gasteiger partial charge in [-0.3, -0.25) is 4.79 Å². The molecular formula is C14H11FO3S. The highest BCUT2D eigenvalue weighted by Gasteiger charge is 2.17. The molecule has 2 aromatic carbocycles. The van der Waals surface area contributed by atoms with Crippen LogP contribution in [0.5, 0.6) is 0 Å². The number of hydrogen-bond donors (Lipinski definition) is 0. The summed E-state index contributed by atoms with van der Waals surface area (Å²) in [5, 5.41) is 0. The minimum atomic E-state index is -3.48. The molecule has 2 rings (SSSR count). The van der Waals surface area contributed by atoms with Crippen LogP contribution in [0.25, 0.3) is 0 Å². The lowest BCUT2D eigenvalue weighted by atomic mass is 10.0. The van der Waals surface area contributed by atoms with Gasteiger partial charge in [-0.25, -0.2) is 12.8 Å². The first-order chi connectivity index (χ1) is 8.89. The molecule has 19 heavy (non-hydrogen) atoms. The van der Waals surface area contributed by atoms with Gasteiger partial charge in [-0.1, -0.05) is 30.3 Å². The van der Waals surface area contributed by atoms with Crippen molar-refractivity contribution in [2.45, 2.75) is 4.90 Å². The number of rotatable bonds is 3. The number of hydrogen-bond acceptors (Lipinski definition) is 3. The monoisotopic (exact) mass is 278 g/mol. The summed E-state index contributed by atoms with van der Waals surface area (Å²) in [6, 6.07) is 11.4. The van der Waals surface area contributed by atoms with Crippen LogP contribution in [0.4, 0.5) is 4.39 Å². The number of carbonyl (C=O) groups is 1. The Balaban J connectivity index is 2.54. The van der Waals surface area contributed by atoms with Gasteiger partial charge in [-0.15, -0.1) is 0 Å². The van der Waals surface area contributed by atoms with Crippen LogP contribution in [0.1, 0.15) is 15.9 Å². The van der Waals surface area contributed by atoms with Gasteiger partial charge in [0.1, 0.15) is 5.82 Å². The molecule has 2 aromatic rings. The molecule has 0 unspecified atom stereocenters. The van der Waals surface area contributed by atoms with Crippen molar-refractivity contribution in [2.75, 3.05) is 6.26 Å². The van der Waals surface area contributed by atoms with E-state index >= 15 is 0 Å². The van der Waals surface area contributed by atoms with Gasteiger partial charge in [0.15, 0.2) is 15.6 Å². The Bertz CT molecular complexity index is 722. The third kappa shape index (κ3) is 2.88. The summed E-state index contributed by atoms with van der Waals surface area (Å²) in [6.07, 6.45) is 1.01. The molecule has 0 aliphatic rings. The summed E-state index contributed by atoms with van der Waals surface area (Å²) in [5.74, 6) is -1.27.